The van der Waals surface area contributed by atoms with Gasteiger partial charge in [0, 0.05) is 13.2 Å². The molecule has 0 radical (unpaired) electrons. The lowest BCUT2D eigenvalue weighted by Gasteiger charge is -2.35. The molecule has 0 unspecified atom stereocenters. The number of carbonyl (C=O) groups excluding carboxylic acids is 4. The van der Waals surface area contributed by atoms with Crippen molar-refractivity contribution in [2.24, 2.45) is 5.41 Å². The molecule has 39 heavy (non-hydrogen) atoms. The molecule has 2 N–H and O–H groups in total. The Balaban J connectivity index is 1.77. The van der Waals surface area contributed by atoms with E-state index in [4.69, 9.17) is 21.1 Å². The van der Waals surface area contributed by atoms with Gasteiger partial charge in [-0.1, -0.05) is 38.4 Å². The third-order valence-electron chi connectivity index (χ3n) is 6.28. The van der Waals surface area contributed by atoms with Crippen molar-refractivity contribution in [3.8, 4) is 5.75 Å². The van der Waals surface area contributed by atoms with E-state index in [1.807, 2.05) is 0 Å². The summed E-state index contributed by atoms with van der Waals surface area (Å²) in [5, 5.41) is 4.74. The Bertz CT molecular complexity index is 1110. The molecule has 0 aromatic heterocycles. The van der Waals surface area contributed by atoms with Gasteiger partial charge in [0.15, 0.2) is 0 Å². The number of ether oxygens (including phenoxy) is 3. The molecule has 0 bridgehead atoms. The van der Waals surface area contributed by atoms with Crippen LogP contribution < -0.4 is 15.4 Å². The van der Waals surface area contributed by atoms with Crippen LogP contribution in [0.1, 0.15) is 57.3 Å². The van der Waals surface area contributed by atoms with Crippen LogP contribution >= 0.6 is 11.6 Å². The largest absolute Gasteiger partial charge is 0.573 e. The summed E-state index contributed by atoms with van der Waals surface area (Å²) in [7, 11) is 0. The lowest BCUT2D eigenvalue weighted by molar-refractivity contribution is -0.274. The molecular formula is C25H31ClF3N3O7. The van der Waals surface area contributed by atoms with E-state index in [1.54, 1.807) is 27.7 Å². The number of nitrogens with one attached hydrogen (secondary N) is 2. The highest BCUT2D eigenvalue weighted by molar-refractivity contribution is 6.35. The number of esters is 1. The summed E-state index contributed by atoms with van der Waals surface area (Å²) in [6.07, 6.45) is -5.15. The van der Waals surface area contributed by atoms with Crippen molar-refractivity contribution in [2.45, 2.75) is 77.7 Å². The highest BCUT2D eigenvalue weighted by atomic mass is 35.5. The quantitative estimate of drug-likeness (QED) is 0.455. The van der Waals surface area contributed by atoms with Gasteiger partial charge in [0.2, 0.25) is 18.1 Å². The van der Waals surface area contributed by atoms with Crippen LogP contribution in [0.2, 0.25) is 5.02 Å². The summed E-state index contributed by atoms with van der Waals surface area (Å²) in [4.78, 5) is 53.0. The fraction of sp³-hybridized carbons (Fsp3) is 0.600. The molecular weight excluding hydrogens is 547 g/mol. The summed E-state index contributed by atoms with van der Waals surface area (Å²) < 4.78 is 52.5. The monoisotopic (exact) mass is 577 g/mol. The minimum Gasteiger partial charge on any atom is -0.433 e. The Kier molecular flexibility index (Phi) is 9.37. The SMILES string of the molecule is CCO[C@@H]1OC(=O)C[C@@H]1NC(=O)[C@@H]1CCCN1C(=O)[C@@H](NC(=O)c1cccc(OC(F)(F)F)c1Cl)C(C)(C)C. The number of nitrogens with zero attached hydrogens (tertiary/aromatic N) is 1. The first kappa shape index (κ1) is 30.5. The molecule has 1 aromatic carbocycles. The fourth-order valence-corrected chi connectivity index (χ4v) is 4.71. The average Bonchev–Trinajstić information content (AvgIpc) is 3.43. The van der Waals surface area contributed by atoms with E-state index in [0.29, 0.717) is 12.8 Å². The third kappa shape index (κ3) is 7.53. The van der Waals surface area contributed by atoms with Crippen LogP contribution in [0.25, 0.3) is 0 Å². The highest BCUT2D eigenvalue weighted by Crippen LogP contribution is 2.33. The topological polar surface area (TPSA) is 123 Å². The van der Waals surface area contributed by atoms with Crippen molar-refractivity contribution in [3.05, 3.63) is 28.8 Å². The second kappa shape index (κ2) is 12.0. The number of hydrogen-bond acceptors (Lipinski definition) is 7. The minimum absolute atomic E-state index is 0.0738. The van der Waals surface area contributed by atoms with Gasteiger partial charge in [-0.05, 0) is 37.3 Å². The number of rotatable bonds is 8. The number of amides is 3. The smallest absolute Gasteiger partial charge is 0.433 e. The summed E-state index contributed by atoms with van der Waals surface area (Å²) in [6.45, 7) is 7.31. The summed E-state index contributed by atoms with van der Waals surface area (Å²) in [5.41, 5.74) is -1.17. The van der Waals surface area contributed by atoms with Gasteiger partial charge in [0.25, 0.3) is 5.91 Å². The Hall–Kier alpha value is -3.06. The molecule has 2 heterocycles. The van der Waals surface area contributed by atoms with Crippen LogP contribution in [-0.4, -0.2) is 72.5 Å². The minimum atomic E-state index is -5.02. The van der Waals surface area contributed by atoms with E-state index < -0.39 is 70.7 Å². The van der Waals surface area contributed by atoms with Gasteiger partial charge in [-0.15, -0.1) is 13.2 Å². The Morgan fingerprint density at radius 2 is 1.92 bits per heavy atom. The van der Waals surface area contributed by atoms with Crippen LogP contribution in [0.4, 0.5) is 13.2 Å². The maximum Gasteiger partial charge on any atom is 0.573 e. The molecule has 4 atom stereocenters. The first-order valence-electron chi connectivity index (χ1n) is 12.4. The standard InChI is InChI=1S/C25H31ClF3N3O7/c1-5-37-23-14(12-17(33)38-23)30-21(35)15-9-7-11-32(15)22(36)19(24(2,3)4)31-20(34)13-8-6-10-16(18(13)26)39-25(27,28)29/h6,8,10,14-15,19,23H,5,7,9,11-12H2,1-4H3,(H,30,35)(H,31,34)/t14-,15-,19+,23+/m0/s1. The second-order valence-electron chi connectivity index (χ2n) is 10.3. The Labute approximate surface area is 228 Å². The molecule has 10 nitrogen and oxygen atoms in total. The van der Waals surface area contributed by atoms with Gasteiger partial charge in [-0.3, -0.25) is 19.2 Å². The molecule has 3 rings (SSSR count). The number of alkyl halides is 3. The van der Waals surface area contributed by atoms with Crippen molar-refractivity contribution < 1.29 is 46.6 Å². The lowest BCUT2D eigenvalue weighted by Crippen LogP contribution is -2.58. The van der Waals surface area contributed by atoms with Crippen LogP contribution in [-0.2, 0) is 23.9 Å². The number of carbonyl (C=O) groups is 4. The zero-order chi connectivity index (χ0) is 29.1. The predicted octanol–water partition coefficient (Wildman–Crippen LogP) is 3.17. The summed E-state index contributed by atoms with van der Waals surface area (Å²) in [5.74, 6) is -3.20. The molecule has 0 saturated carbocycles. The Morgan fingerprint density at radius 3 is 2.54 bits per heavy atom. The van der Waals surface area contributed by atoms with E-state index in [2.05, 4.69) is 15.4 Å². The number of likely N-dealkylation sites (tertiary alicyclic amines) is 1. The van der Waals surface area contributed by atoms with Gasteiger partial charge < -0.3 is 29.7 Å². The molecule has 2 aliphatic heterocycles. The predicted molar refractivity (Wildman–Crippen MR) is 132 cm³/mol. The van der Waals surface area contributed by atoms with Gasteiger partial charge >= 0.3 is 12.3 Å². The van der Waals surface area contributed by atoms with Crippen molar-refractivity contribution in [1.82, 2.24) is 15.5 Å². The molecule has 2 saturated heterocycles. The maximum absolute atomic E-state index is 13.7. The van der Waals surface area contributed by atoms with Crippen molar-refractivity contribution in [2.75, 3.05) is 13.2 Å². The highest BCUT2D eigenvalue weighted by Gasteiger charge is 2.44. The number of cyclic esters (lactones) is 1. The zero-order valence-corrected chi connectivity index (χ0v) is 22.6. The molecule has 3 amide bonds. The fourth-order valence-electron chi connectivity index (χ4n) is 4.46. The van der Waals surface area contributed by atoms with Gasteiger partial charge in [-0.2, -0.15) is 0 Å². The van der Waals surface area contributed by atoms with Crippen LogP contribution in [0.15, 0.2) is 18.2 Å². The zero-order valence-electron chi connectivity index (χ0n) is 21.9. The molecule has 2 fully saturated rings. The molecule has 0 spiro atoms. The van der Waals surface area contributed by atoms with Gasteiger partial charge in [-0.25, -0.2) is 0 Å². The molecule has 216 valence electrons. The molecule has 0 aliphatic carbocycles. The van der Waals surface area contributed by atoms with Crippen molar-refractivity contribution in [3.63, 3.8) is 0 Å². The van der Waals surface area contributed by atoms with E-state index in [1.165, 1.54) is 17.0 Å². The van der Waals surface area contributed by atoms with Gasteiger partial charge in [0.1, 0.15) is 23.9 Å². The first-order chi connectivity index (χ1) is 18.1. The van der Waals surface area contributed by atoms with E-state index in [-0.39, 0.29) is 25.1 Å². The summed E-state index contributed by atoms with van der Waals surface area (Å²) >= 11 is 6.03. The molecule has 2 aliphatic rings. The van der Waals surface area contributed by atoms with E-state index >= 15 is 0 Å². The lowest BCUT2D eigenvalue weighted by atomic mass is 9.85. The number of halogens is 4. The van der Waals surface area contributed by atoms with E-state index in [9.17, 15) is 32.3 Å². The average molecular weight is 578 g/mol. The maximum atomic E-state index is 13.7. The number of hydrogen-bond donors (Lipinski definition) is 2. The van der Waals surface area contributed by atoms with Crippen molar-refractivity contribution >= 4 is 35.3 Å². The number of benzene rings is 1. The van der Waals surface area contributed by atoms with Crippen LogP contribution in [0.3, 0.4) is 0 Å². The van der Waals surface area contributed by atoms with Crippen LogP contribution in [0, 0.1) is 5.41 Å². The van der Waals surface area contributed by atoms with Crippen LogP contribution in [0.5, 0.6) is 5.75 Å². The first-order valence-corrected chi connectivity index (χ1v) is 12.8. The second-order valence-corrected chi connectivity index (χ2v) is 10.6. The van der Waals surface area contributed by atoms with Gasteiger partial charge in [0.05, 0.1) is 17.0 Å². The molecule has 14 heteroatoms. The Morgan fingerprint density at radius 1 is 1.23 bits per heavy atom. The molecule has 1 aromatic rings. The normalized spacial score (nSPS) is 22.3. The van der Waals surface area contributed by atoms with E-state index in [0.717, 1.165) is 6.07 Å². The van der Waals surface area contributed by atoms with Crippen molar-refractivity contribution in [1.29, 1.82) is 0 Å². The third-order valence-corrected chi connectivity index (χ3v) is 6.67. The summed E-state index contributed by atoms with van der Waals surface area (Å²) in [6, 6.07) is 0.596.